The van der Waals surface area contributed by atoms with Crippen LogP contribution in [0, 0.1) is 0 Å². The maximum atomic E-state index is 12.2. The third-order valence-corrected chi connectivity index (χ3v) is 4.02. The minimum absolute atomic E-state index is 0.233. The van der Waals surface area contributed by atoms with E-state index in [0.29, 0.717) is 17.2 Å². The molecular weight excluding hydrogens is 414 g/mol. The topological polar surface area (TPSA) is 47.6 Å². The summed E-state index contributed by atoms with van der Waals surface area (Å²) in [7, 11) is 1.58. The molecule has 2 aromatic rings. The highest BCUT2D eigenvalue weighted by Gasteiger charge is 2.16. The van der Waals surface area contributed by atoms with Gasteiger partial charge in [-0.1, -0.05) is 22.0 Å². The number of nitrogens with one attached hydrogen (secondary N) is 1. The smallest absolute Gasteiger partial charge is 0.265 e. The second kappa shape index (κ2) is 7.65. The molecule has 0 radical (unpaired) electrons. The van der Waals surface area contributed by atoms with Crippen molar-refractivity contribution in [2.45, 2.75) is 13.0 Å². The van der Waals surface area contributed by atoms with Gasteiger partial charge in [-0.05, 0) is 53.2 Å². The van der Waals surface area contributed by atoms with Crippen molar-refractivity contribution in [2.75, 3.05) is 12.4 Å². The van der Waals surface area contributed by atoms with E-state index in [1.54, 1.807) is 32.2 Å². The van der Waals surface area contributed by atoms with Crippen molar-refractivity contribution in [1.29, 1.82) is 0 Å². The van der Waals surface area contributed by atoms with E-state index in [1.807, 2.05) is 24.3 Å². The first kappa shape index (κ1) is 16.8. The Labute approximate surface area is 146 Å². The van der Waals surface area contributed by atoms with Gasteiger partial charge in [-0.25, -0.2) is 0 Å². The van der Waals surface area contributed by atoms with Crippen LogP contribution in [0.3, 0.4) is 0 Å². The van der Waals surface area contributed by atoms with Gasteiger partial charge >= 0.3 is 0 Å². The van der Waals surface area contributed by atoms with Gasteiger partial charge in [-0.3, -0.25) is 4.79 Å². The Morgan fingerprint density at radius 1 is 1.18 bits per heavy atom. The van der Waals surface area contributed by atoms with Crippen LogP contribution < -0.4 is 14.8 Å². The highest BCUT2D eigenvalue weighted by Crippen LogP contribution is 2.29. The van der Waals surface area contributed by atoms with Crippen LogP contribution in [0.1, 0.15) is 6.92 Å². The van der Waals surface area contributed by atoms with Gasteiger partial charge in [-0.15, -0.1) is 0 Å². The standard InChI is InChI=1S/C16H15Br2NO3/c1-10(22-15-7-6-11(17)8-14(15)18)16(20)19-12-4-3-5-13(9-12)21-2/h3-10H,1-2H3,(H,19,20). The lowest BCUT2D eigenvalue weighted by atomic mass is 10.2. The molecule has 1 unspecified atom stereocenters. The minimum Gasteiger partial charge on any atom is -0.497 e. The predicted molar refractivity (Wildman–Crippen MR) is 93.6 cm³/mol. The molecule has 4 nitrogen and oxygen atoms in total. The van der Waals surface area contributed by atoms with Crippen molar-refractivity contribution >= 4 is 43.5 Å². The largest absolute Gasteiger partial charge is 0.497 e. The Morgan fingerprint density at radius 2 is 1.95 bits per heavy atom. The Morgan fingerprint density at radius 3 is 2.64 bits per heavy atom. The molecule has 1 N–H and O–H groups in total. The third kappa shape index (κ3) is 4.48. The number of amides is 1. The molecule has 116 valence electrons. The van der Waals surface area contributed by atoms with Crippen molar-refractivity contribution in [1.82, 2.24) is 0 Å². The minimum atomic E-state index is -0.635. The predicted octanol–water partition coefficient (Wildman–Crippen LogP) is 4.63. The number of hydrogen-bond acceptors (Lipinski definition) is 3. The summed E-state index contributed by atoms with van der Waals surface area (Å²) in [6.07, 6.45) is -0.635. The summed E-state index contributed by atoms with van der Waals surface area (Å²) < 4.78 is 12.5. The first-order valence-electron chi connectivity index (χ1n) is 6.56. The number of benzene rings is 2. The van der Waals surface area contributed by atoms with Gasteiger partial charge < -0.3 is 14.8 Å². The zero-order valence-corrected chi connectivity index (χ0v) is 15.3. The summed E-state index contributed by atoms with van der Waals surface area (Å²) in [6.45, 7) is 1.70. The number of hydrogen-bond donors (Lipinski definition) is 1. The van der Waals surface area contributed by atoms with Gasteiger partial charge in [0, 0.05) is 16.2 Å². The summed E-state index contributed by atoms with van der Waals surface area (Å²) in [5.74, 6) is 1.06. The molecule has 0 aliphatic carbocycles. The lowest BCUT2D eigenvalue weighted by molar-refractivity contribution is -0.122. The molecule has 1 atom stereocenters. The molecule has 22 heavy (non-hydrogen) atoms. The molecule has 0 aliphatic heterocycles. The average molecular weight is 429 g/mol. The van der Waals surface area contributed by atoms with Crippen LogP contribution in [0.15, 0.2) is 51.4 Å². The number of ether oxygens (including phenoxy) is 2. The van der Waals surface area contributed by atoms with E-state index in [4.69, 9.17) is 9.47 Å². The zero-order chi connectivity index (χ0) is 16.1. The SMILES string of the molecule is COc1cccc(NC(=O)C(C)Oc2ccc(Br)cc2Br)c1. The van der Waals surface area contributed by atoms with E-state index in [1.165, 1.54) is 0 Å². The fourth-order valence-electron chi connectivity index (χ4n) is 1.76. The Bertz CT molecular complexity index is 676. The molecule has 0 fully saturated rings. The summed E-state index contributed by atoms with van der Waals surface area (Å²) in [5.41, 5.74) is 0.662. The van der Waals surface area contributed by atoms with Crippen LogP contribution in [-0.2, 0) is 4.79 Å². The van der Waals surface area contributed by atoms with E-state index in [0.717, 1.165) is 8.95 Å². The molecule has 2 aromatic carbocycles. The molecule has 0 aromatic heterocycles. The molecular formula is C16H15Br2NO3. The van der Waals surface area contributed by atoms with E-state index in [9.17, 15) is 4.79 Å². The normalized spacial score (nSPS) is 11.6. The van der Waals surface area contributed by atoms with E-state index in [-0.39, 0.29) is 5.91 Å². The number of halogens is 2. The number of anilines is 1. The van der Waals surface area contributed by atoms with Gasteiger partial charge in [0.05, 0.1) is 11.6 Å². The van der Waals surface area contributed by atoms with Crippen molar-refractivity contribution < 1.29 is 14.3 Å². The maximum absolute atomic E-state index is 12.2. The van der Waals surface area contributed by atoms with Gasteiger partial charge in [0.1, 0.15) is 11.5 Å². The zero-order valence-electron chi connectivity index (χ0n) is 12.1. The second-order valence-electron chi connectivity index (χ2n) is 4.56. The van der Waals surface area contributed by atoms with Crippen LogP contribution in [0.2, 0.25) is 0 Å². The Kier molecular flexibility index (Phi) is 5.85. The molecule has 0 saturated heterocycles. The first-order chi connectivity index (χ1) is 10.5. The molecule has 0 heterocycles. The van der Waals surface area contributed by atoms with E-state index < -0.39 is 6.10 Å². The highest BCUT2D eigenvalue weighted by atomic mass is 79.9. The van der Waals surface area contributed by atoms with Gasteiger partial charge in [0.15, 0.2) is 6.10 Å². The number of carbonyl (C=O) groups excluding carboxylic acids is 1. The van der Waals surface area contributed by atoms with Gasteiger partial charge in [-0.2, -0.15) is 0 Å². The van der Waals surface area contributed by atoms with E-state index in [2.05, 4.69) is 37.2 Å². The van der Waals surface area contributed by atoms with Crippen LogP contribution in [0.5, 0.6) is 11.5 Å². The quantitative estimate of drug-likeness (QED) is 0.755. The molecule has 0 spiro atoms. The summed E-state index contributed by atoms with van der Waals surface area (Å²) in [4.78, 5) is 12.2. The molecule has 6 heteroatoms. The van der Waals surface area contributed by atoms with E-state index >= 15 is 0 Å². The van der Waals surface area contributed by atoms with Gasteiger partial charge in [0.2, 0.25) is 0 Å². The van der Waals surface area contributed by atoms with Crippen molar-refractivity contribution in [3.8, 4) is 11.5 Å². The summed E-state index contributed by atoms with van der Waals surface area (Å²) in [5, 5.41) is 2.80. The monoisotopic (exact) mass is 427 g/mol. The molecule has 0 saturated carbocycles. The average Bonchev–Trinajstić information content (AvgIpc) is 2.50. The fourth-order valence-corrected chi connectivity index (χ4v) is 2.90. The molecule has 0 bridgehead atoms. The number of rotatable bonds is 5. The maximum Gasteiger partial charge on any atom is 0.265 e. The first-order valence-corrected chi connectivity index (χ1v) is 8.15. The summed E-state index contributed by atoms with van der Waals surface area (Å²) in [6, 6.07) is 12.7. The lowest BCUT2D eigenvalue weighted by Crippen LogP contribution is -2.30. The number of carbonyl (C=O) groups is 1. The fraction of sp³-hybridized carbons (Fsp3) is 0.188. The van der Waals surface area contributed by atoms with Crippen molar-refractivity contribution in [3.63, 3.8) is 0 Å². The second-order valence-corrected chi connectivity index (χ2v) is 6.33. The number of methoxy groups -OCH3 is 1. The van der Waals surface area contributed by atoms with Gasteiger partial charge in [0.25, 0.3) is 5.91 Å². The van der Waals surface area contributed by atoms with Crippen molar-refractivity contribution in [2.24, 2.45) is 0 Å². The summed E-state index contributed by atoms with van der Waals surface area (Å²) >= 11 is 6.78. The lowest BCUT2D eigenvalue weighted by Gasteiger charge is -2.16. The Hall–Kier alpha value is -1.53. The Balaban J connectivity index is 2.02. The van der Waals surface area contributed by atoms with Crippen LogP contribution >= 0.6 is 31.9 Å². The molecule has 1 amide bonds. The molecule has 2 rings (SSSR count). The van der Waals surface area contributed by atoms with Crippen LogP contribution in [0.4, 0.5) is 5.69 Å². The third-order valence-electron chi connectivity index (χ3n) is 2.90. The highest BCUT2D eigenvalue weighted by molar-refractivity contribution is 9.11. The van der Waals surface area contributed by atoms with Crippen LogP contribution in [-0.4, -0.2) is 19.1 Å². The molecule has 0 aliphatic rings. The van der Waals surface area contributed by atoms with Crippen LogP contribution in [0.25, 0.3) is 0 Å². The van der Waals surface area contributed by atoms with Crippen molar-refractivity contribution in [3.05, 3.63) is 51.4 Å².